The summed E-state index contributed by atoms with van der Waals surface area (Å²) in [6.07, 6.45) is -4.38. The number of hydrogen-bond acceptors (Lipinski definition) is 1. The third-order valence-corrected chi connectivity index (χ3v) is 1.60. The molecule has 0 radical (unpaired) electrons. The third-order valence-electron chi connectivity index (χ3n) is 1.60. The van der Waals surface area contributed by atoms with Gasteiger partial charge >= 0.3 is 6.18 Å². The molecule has 0 saturated heterocycles. The van der Waals surface area contributed by atoms with Crippen LogP contribution in [0.15, 0.2) is 24.3 Å². The van der Waals surface area contributed by atoms with E-state index in [1.165, 1.54) is 19.1 Å². The van der Waals surface area contributed by atoms with E-state index in [9.17, 15) is 18.0 Å². The summed E-state index contributed by atoms with van der Waals surface area (Å²) in [7, 11) is 0. The van der Waals surface area contributed by atoms with Crippen LogP contribution in [0.2, 0.25) is 0 Å². The van der Waals surface area contributed by atoms with Crippen molar-refractivity contribution in [3.63, 3.8) is 0 Å². The van der Waals surface area contributed by atoms with E-state index in [1.807, 2.05) is 13.8 Å². The first kappa shape index (κ1) is 13.7. The topological polar surface area (TPSA) is 17.1 Å². The second-order valence-electron chi connectivity index (χ2n) is 2.63. The highest BCUT2D eigenvalue weighted by atomic mass is 19.4. The summed E-state index contributed by atoms with van der Waals surface area (Å²) in [4.78, 5) is 10.8. The van der Waals surface area contributed by atoms with E-state index in [2.05, 4.69) is 0 Å². The summed E-state index contributed by atoms with van der Waals surface area (Å²) < 4.78 is 36.4. The summed E-state index contributed by atoms with van der Waals surface area (Å²) in [5, 5.41) is 0. The lowest BCUT2D eigenvalue weighted by atomic mass is 10.1. The van der Waals surface area contributed by atoms with Gasteiger partial charge in [-0.2, -0.15) is 13.2 Å². The SMILES string of the molecule is CC.CC(=O)c1cccc(C(F)(F)F)c1. The molecule has 0 atom stereocenters. The fourth-order valence-corrected chi connectivity index (χ4v) is 0.915. The second kappa shape index (κ2) is 5.53. The van der Waals surface area contributed by atoms with Crippen molar-refractivity contribution in [2.45, 2.75) is 26.9 Å². The Balaban J connectivity index is 0.000000921. The fourth-order valence-electron chi connectivity index (χ4n) is 0.915. The second-order valence-corrected chi connectivity index (χ2v) is 2.63. The molecule has 0 bridgehead atoms. The molecule has 1 rings (SSSR count). The molecule has 0 spiro atoms. The van der Waals surface area contributed by atoms with Crippen LogP contribution >= 0.6 is 0 Å². The Labute approximate surface area is 86.9 Å². The van der Waals surface area contributed by atoms with Crippen molar-refractivity contribution in [3.8, 4) is 0 Å². The summed E-state index contributed by atoms with van der Waals surface area (Å²) in [5.74, 6) is -0.369. The molecular formula is C11H13F3O. The lowest BCUT2D eigenvalue weighted by Gasteiger charge is -2.06. The fraction of sp³-hybridized carbons (Fsp3) is 0.364. The average molecular weight is 218 g/mol. The van der Waals surface area contributed by atoms with Gasteiger partial charge < -0.3 is 0 Å². The van der Waals surface area contributed by atoms with Gasteiger partial charge in [0.25, 0.3) is 0 Å². The van der Waals surface area contributed by atoms with Crippen molar-refractivity contribution < 1.29 is 18.0 Å². The molecule has 1 aromatic rings. The molecule has 1 aromatic carbocycles. The van der Waals surface area contributed by atoms with Gasteiger partial charge in [-0.25, -0.2) is 0 Å². The van der Waals surface area contributed by atoms with Crippen LogP contribution in [0.4, 0.5) is 13.2 Å². The molecule has 84 valence electrons. The van der Waals surface area contributed by atoms with Gasteiger partial charge in [0.2, 0.25) is 0 Å². The molecule has 1 nitrogen and oxygen atoms in total. The molecular weight excluding hydrogens is 205 g/mol. The summed E-state index contributed by atoms with van der Waals surface area (Å²) in [5.41, 5.74) is -0.713. The number of benzene rings is 1. The standard InChI is InChI=1S/C9H7F3O.C2H6/c1-6(13)7-3-2-4-8(5-7)9(10,11)12;1-2/h2-5H,1H3;1-2H3. The minimum absolute atomic E-state index is 0.0785. The van der Waals surface area contributed by atoms with E-state index < -0.39 is 11.7 Å². The highest BCUT2D eigenvalue weighted by molar-refractivity contribution is 5.94. The van der Waals surface area contributed by atoms with Gasteiger partial charge in [-0.3, -0.25) is 4.79 Å². The Morgan fingerprint density at radius 3 is 2.13 bits per heavy atom. The summed E-state index contributed by atoms with van der Waals surface area (Å²) in [6.45, 7) is 5.23. The predicted octanol–water partition coefficient (Wildman–Crippen LogP) is 3.93. The van der Waals surface area contributed by atoms with E-state index >= 15 is 0 Å². The molecule has 0 aliphatic heterocycles. The first-order chi connectivity index (χ1) is 6.91. The maximum Gasteiger partial charge on any atom is 0.416 e. The highest BCUT2D eigenvalue weighted by Gasteiger charge is 2.30. The van der Waals surface area contributed by atoms with Crippen molar-refractivity contribution in [1.82, 2.24) is 0 Å². The molecule has 0 saturated carbocycles. The largest absolute Gasteiger partial charge is 0.416 e. The van der Waals surface area contributed by atoms with Gasteiger partial charge in [0.05, 0.1) is 5.56 Å². The molecule has 15 heavy (non-hydrogen) atoms. The summed E-state index contributed by atoms with van der Waals surface area (Å²) in [6, 6.07) is 4.37. The van der Waals surface area contributed by atoms with E-state index in [0.29, 0.717) is 0 Å². The van der Waals surface area contributed by atoms with Crippen LogP contribution < -0.4 is 0 Å². The molecule has 0 heterocycles. The van der Waals surface area contributed by atoms with Crippen LogP contribution in [-0.4, -0.2) is 5.78 Å². The van der Waals surface area contributed by atoms with Gasteiger partial charge in [-0.1, -0.05) is 26.0 Å². The zero-order valence-corrected chi connectivity index (χ0v) is 8.85. The number of Topliss-reactive ketones (excluding diaryl/α,β-unsaturated/α-hetero) is 1. The monoisotopic (exact) mass is 218 g/mol. The number of hydrogen-bond donors (Lipinski definition) is 0. The molecule has 0 N–H and O–H groups in total. The van der Waals surface area contributed by atoms with Gasteiger partial charge in [-0.05, 0) is 19.1 Å². The number of alkyl halides is 3. The zero-order chi connectivity index (χ0) is 12.1. The van der Waals surface area contributed by atoms with Crippen molar-refractivity contribution in [2.24, 2.45) is 0 Å². The number of carbonyl (C=O) groups is 1. The van der Waals surface area contributed by atoms with Crippen LogP contribution in [-0.2, 0) is 6.18 Å². The maximum atomic E-state index is 12.1. The normalized spacial score (nSPS) is 10.3. The summed E-state index contributed by atoms with van der Waals surface area (Å²) >= 11 is 0. The van der Waals surface area contributed by atoms with Crippen molar-refractivity contribution >= 4 is 5.78 Å². The van der Waals surface area contributed by atoms with Gasteiger partial charge in [0, 0.05) is 5.56 Å². The Morgan fingerprint density at radius 1 is 1.20 bits per heavy atom. The van der Waals surface area contributed by atoms with Crippen molar-refractivity contribution in [3.05, 3.63) is 35.4 Å². The highest BCUT2D eigenvalue weighted by Crippen LogP contribution is 2.29. The third kappa shape index (κ3) is 4.14. The Kier molecular flexibility index (Phi) is 5.05. The Hall–Kier alpha value is -1.32. The van der Waals surface area contributed by atoms with Crippen molar-refractivity contribution in [1.29, 1.82) is 0 Å². The quantitative estimate of drug-likeness (QED) is 0.652. The average Bonchev–Trinajstić information content (AvgIpc) is 2.20. The smallest absolute Gasteiger partial charge is 0.295 e. The van der Waals surface area contributed by atoms with Crippen LogP contribution in [0.25, 0.3) is 0 Å². The molecule has 0 unspecified atom stereocenters. The van der Waals surface area contributed by atoms with Crippen LogP contribution in [0.3, 0.4) is 0 Å². The van der Waals surface area contributed by atoms with E-state index in [1.54, 1.807) is 0 Å². The minimum Gasteiger partial charge on any atom is -0.295 e. The predicted molar refractivity (Wildman–Crippen MR) is 52.8 cm³/mol. The maximum absolute atomic E-state index is 12.1. The van der Waals surface area contributed by atoms with E-state index in [4.69, 9.17) is 0 Å². The molecule has 0 aliphatic carbocycles. The number of rotatable bonds is 1. The number of halogens is 3. The van der Waals surface area contributed by atoms with Crippen LogP contribution in [0, 0.1) is 0 Å². The van der Waals surface area contributed by atoms with E-state index in [-0.39, 0.29) is 11.3 Å². The van der Waals surface area contributed by atoms with Crippen LogP contribution in [0.5, 0.6) is 0 Å². The van der Waals surface area contributed by atoms with Crippen LogP contribution in [0.1, 0.15) is 36.7 Å². The van der Waals surface area contributed by atoms with E-state index in [0.717, 1.165) is 12.1 Å². The number of carbonyl (C=O) groups excluding carboxylic acids is 1. The first-order valence-electron chi connectivity index (χ1n) is 4.59. The van der Waals surface area contributed by atoms with Crippen molar-refractivity contribution in [2.75, 3.05) is 0 Å². The number of ketones is 1. The van der Waals surface area contributed by atoms with Gasteiger partial charge in [0.1, 0.15) is 0 Å². The Morgan fingerprint density at radius 2 is 1.73 bits per heavy atom. The lowest BCUT2D eigenvalue weighted by molar-refractivity contribution is -0.137. The molecule has 4 heteroatoms. The molecule has 0 fully saturated rings. The molecule has 0 aromatic heterocycles. The zero-order valence-electron chi connectivity index (χ0n) is 8.85. The van der Waals surface area contributed by atoms with Gasteiger partial charge in [0.15, 0.2) is 5.78 Å². The minimum atomic E-state index is -4.38. The molecule has 0 amide bonds. The lowest BCUT2D eigenvalue weighted by Crippen LogP contribution is -2.06. The van der Waals surface area contributed by atoms with Gasteiger partial charge in [-0.15, -0.1) is 0 Å². The molecule has 0 aliphatic rings. The Bertz CT molecular complexity index is 329. The first-order valence-corrected chi connectivity index (χ1v) is 4.59.